The number of cyclic esters (lactones) is 1. The number of thioether (sulfide) groups is 1. The monoisotopic (exact) mass is 941 g/mol. The quantitative estimate of drug-likeness (QED) is 0.0406. The van der Waals surface area contributed by atoms with Crippen molar-refractivity contribution < 1.29 is 58.7 Å². The Balaban J connectivity index is 2.72. The van der Waals surface area contributed by atoms with E-state index in [0.717, 1.165) is 18.7 Å². The zero-order valence-electron chi connectivity index (χ0n) is 41.0. The normalized spacial score (nSPS) is 37.0. The van der Waals surface area contributed by atoms with Crippen molar-refractivity contribution in [3.63, 3.8) is 0 Å². The van der Waals surface area contributed by atoms with Crippen LogP contribution in [0.5, 0.6) is 0 Å². The number of carbonyl (C=O) groups excluding carboxylic acids is 1. The molecule has 16 nitrogen and oxygen atoms in total. The number of nitrogens with one attached hydrogen (secondary N) is 2. The molecule has 18 heteroatoms. The summed E-state index contributed by atoms with van der Waals surface area (Å²) in [5.74, 6) is -1.70. The summed E-state index contributed by atoms with van der Waals surface area (Å²) in [6.45, 7) is 20.1. The van der Waals surface area contributed by atoms with E-state index < -0.39 is 90.4 Å². The fraction of sp³-hybridized carbons (Fsp3) is 0.956. The smallest absolute Gasteiger partial charge is 0.311 e. The highest BCUT2D eigenvalue weighted by Gasteiger charge is 2.51. The van der Waals surface area contributed by atoms with Crippen molar-refractivity contribution >= 4 is 35.1 Å². The third-order valence-corrected chi connectivity index (χ3v) is 13.9. The summed E-state index contributed by atoms with van der Waals surface area (Å²) in [6, 6.07) is -0.902. The van der Waals surface area contributed by atoms with Crippen LogP contribution < -0.4 is 10.6 Å². The number of aliphatic hydroxyl groups is 5. The number of carbonyl (C=O) groups is 1. The number of methoxy groups -OCH3 is 1. The third-order valence-electron chi connectivity index (χ3n) is 12.9. The van der Waals surface area contributed by atoms with Crippen LogP contribution in [0.3, 0.4) is 0 Å². The number of rotatable bonds is 20. The topological polar surface area (TPSA) is 204 Å². The molecule has 0 aromatic heterocycles. The van der Waals surface area contributed by atoms with Crippen molar-refractivity contribution in [1.82, 2.24) is 20.4 Å². The number of nitrogens with zero attached hydrogens (tertiary/aromatic N) is 2. The van der Waals surface area contributed by atoms with E-state index in [0.29, 0.717) is 37.6 Å². The first-order chi connectivity index (χ1) is 29.4. The van der Waals surface area contributed by atoms with E-state index in [1.807, 2.05) is 46.7 Å². The molecule has 2 saturated heterocycles. The van der Waals surface area contributed by atoms with E-state index in [9.17, 15) is 30.3 Å². The van der Waals surface area contributed by atoms with Gasteiger partial charge in [0, 0.05) is 57.7 Å². The molecule has 0 aromatic rings. The molecule has 2 rings (SSSR count). The molecule has 0 aliphatic carbocycles. The van der Waals surface area contributed by atoms with Gasteiger partial charge in [0.2, 0.25) is 0 Å². The van der Waals surface area contributed by atoms with Gasteiger partial charge >= 0.3 is 5.97 Å². The minimum Gasteiger partial charge on any atom is -0.459 e. The molecule has 2 fully saturated rings. The summed E-state index contributed by atoms with van der Waals surface area (Å²) in [5.41, 5.74) is -3.48. The summed E-state index contributed by atoms with van der Waals surface area (Å²) < 4.78 is 37.6. The molecule has 2 aliphatic rings. The van der Waals surface area contributed by atoms with Gasteiger partial charge in [-0.15, -0.1) is 0 Å². The van der Waals surface area contributed by atoms with E-state index in [4.69, 9.17) is 40.6 Å². The maximum atomic E-state index is 14.5. The summed E-state index contributed by atoms with van der Waals surface area (Å²) in [4.78, 5) is 18.5. The molecule has 17 atom stereocenters. The molecule has 0 radical (unpaired) electrons. The van der Waals surface area contributed by atoms with Crippen molar-refractivity contribution in [1.29, 1.82) is 0 Å². The lowest BCUT2D eigenvalue weighted by Crippen LogP contribution is -2.59. The van der Waals surface area contributed by atoms with Crippen LogP contribution >= 0.6 is 24.0 Å². The molecule has 0 unspecified atom stereocenters. The first-order valence-corrected chi connectivity index (χ1v) is 24.9. The number of hydrogen-bond donors (Lipinski definition) is 7. The van der Waals surface area contributed by atoms with Gasteiger partial charge in [-0.3, -0.25) is 9.69 Å². The average molecular weight is 941 g/mol. The fourth-order valence-corrected chi connectivity index (χ4v) is 9.64. The molecular weight excluding hydrogens is 853 g/mol. The summed E-state index contributed by atoms with van der Waals surface area (Å²) in [7, 11) is 5.33. The minimum absolute atomic E-state index is 0.196. The zero-order valence-corrected chi connectivity index (χ0v) is 42.6. The van der Waals surface area contributed by atoms with Crippen LogP contribution in [0.4, 0.5) is 0 Å². The van der Waals surface area contributed by atoms with E-state index in [2.05, 4.69) is 21.8 Å². The lowest BCUT2D eigenvalue weighted by Gasteiger charge is -2.47. The van der Waals surface area contributed by atoms with Gasteiger partial charge < -0.3 is 69.5 Å². The SMILES string of the molecule is CC[C@H]1OC(=O)[C@H](C)[C@@H](O[C@@H](CCOC)O[C@@H](C)[C@@H](C)O)[C@H](C)[C@@H](O[C@@H]2O[C@H](C)C[C@H](N(C)C)[C@H]2O)[C@](C)(O)C[C@@H](C)CN(CCCNC(=S)NCCCSC)[C@H](C)[C@@H](O)[C@]1(C)O. The maximum Gasteiger partial charge on any atom is 0.311 e. The predicted octanol–water partition coefficient (Wildman–Crippen LogP) is 3.13. The first kappa shape index (κ1) is 58.2. The van der Waals surface area contributed by atoms with Gasteiger partial charge in [0.25, 0.3) is 0 Å². The van der Waals surface area contributed by atoms with Gasteiger partial charge in [0.05, 0.1) is 48.6 Å². The Morgan fingerprint density at radius 3 is 2.29 bits per heavy atom. The number of hydrogen-bond acceptors (Lipinski definition) is 16. The molecule has 2 heterocycles. The molecule has 0 amide bonds. The fourth-order valence-electron chi connectivity index (χ4n) is 9.00. The number of esters is 1. The van der Waals surface area contributed by atoms with Crippen LogP contribution in [0.2, 0.25) is 0 Å². The van der Waals surface area contributed by atoms with Gasteiger partial charge in [-0.05, 0) is 125 Å². The second-order valence-electron chi connectivity index (χ2n) is 19.0. The van der Waals surface area contributed by atoms with Gasteiger partial charge in [-0.2, -0.15) is 11.8 Å². The Morgan fingerprint density at radius 2 is 1.71 bits per heavy atom. The van der Waals surface area contributed by atoms with Crippen LogP contribution in [-0.2, 0) is 33.2 Å². The zero-order chi connectivity index (χ0) is 47.8. The third kappa shape index (κ3) is 17.9. The van der Waals surface area contributed by atoms with Crippen LogP contribution in [0, 0.1) is 17.8 Å². The summed E-state index contributed by atoms with van der Waals surface area (Å²) in [5, 5.41) is 66.2. The largest absolute Gasteiger partial charge is 0.459 e. The number of likely N-dealkylation sites (N-methyl/N-ethyl adjacent to an activating group) is 1. The molecule has 0 spiro atoms. The van der Waals surface area contributed by atoms with Crippen LogP contribution in [0.25, 0.3) is 0 Å². The standard InChI is InChI=1S/C45H88N4O12S2/c1-15-35-45(10,55)39(52)31(6)49(21-16-19-46-43(62)47-20-17-23-63-14)26-27(2)25-44(9,54)40(61-42-37(51)34(48(11)12)24-28(3)57-42)29(4)38(30(5)41(53)59-35)60-36(18-22-56-13)58-33(8)32(7)50/h27-40,42,50-52,54-55H,15-26H2,1-14H3,(H2,46,47,62)/t27-,28-,29+,30-,31-,32-,33+,34+,35-,36+,37-,38+,39-,40-,42+,44-,45-/m1/s1. The van der Waals surface area contributed by atoms with Gasteiger partial charge in [0.15, 0.2) is 17.7 Å². The Morgan fingerprint density at radius 1 is 1.08 bits per heavy atom. The van der Waals surface area contributed by atoms with Crippen molar-refractivity contribution in [3.05, 3.63) is 0 Å². The van der Waals surface area contributed by atoms with Gasteiger partial charge in [0.1, 0.15) is 23.9 Å². The van der Waals surface area contributed by atoms with Gasteiger partial charge in [-0.25, -0.2) is 0 Å². The Labute approximate surface area is 389 Å². The molecule has 372 valence electrons. The lowest BCUT2D eigenvalue weighted by molar-refractivity contribution is -0.306. The number of aliphatic hydroxyl groups excluding tert-OH is 3. The lowest BCUT2D eigenvalue weighted by atomic mass is 9.77. The van der Waals surface area contributed by atoms with Crippen molar-refractivity contribution in [3.8, 4) is 0 Å². The summed E-state index contributed by atoms with van der Waals surface area (Å²) in [6.07, 6.45) is -4.62. The molecule has 0 bridgehead atoms. The Kier molecular flexibility index (Phi) is 25.6. The summed E-state index contributed by atoms with van der Waals surface area (Å²) >= 11 is 7.29. The van der Waals surface area contributed by atoms with Crippen LogP contribution in [0.15, 0.2) is 0 Å². The van der Waals surface area contributed by atoms with E-state index in [1.54, 1.807) is 53.5 Å². The number of thiocarbonyl (C=S) groups is 1. The highest BCUT2D eigenvalue weighted by molar-refractivity contribution is 7.98. The predicted molar refractivity (Wildman–Crippen MR) is 251 cm³/mol. The minimum atomic E-state index is -1.87. The van der Waals surface area contributed by atoms with Crippen molar-refractivity contribution in [2.45, 2.75) is 192 Å². The van der Waals surface area contributed by atoms with E-state index in [-0.39, 0.29) is 43.9 Å². The second kappa shape index (κ2) is 27.7. The maximum absolute atomic E-state index is 14.5. The van der Waals surface area contributed by atoms with E-state index >= 15 is 0 Å². The molecule has 7 N–H and O–H groups in total. The van der Waals surface area contributed by atoms with Gasteiger partial charge in [-0.1, -0.05) is 20.8 Å². The molecular formula is C45H88N4O12S2. The molecule has 63 heavy (non-hydrogen) atoms. The molecule has 0 saturated carbocycles. The first-order valence-electron chi connectivity index (χ1n) is 23.1. The highest BCUT2D eigenvalue weighted by Crippen LogP contribution is 2.38. The Bertz CT molecular complexity index is 1320. The molecule has 0 aromatic carbocycles. The van der Waals surface area contributed by atoms with Crippen LogP contribution in [0.1, 0.15) is 108 Å². The van der Waals surface area contributed by atoms with Crippen molar-refractivity contribution in [2.75, 3.05) is 66.0 Å². The Hall–Kier alpha value is -0.970. The second-order valence-corrected chi connectivity index (χ2v) is 20.4. The number of ether oxygens (including phenoxy) is 6. The van der Waals surface area contributed by atoms with Crippen molar-refractivity contribution in [2.24, 2.45) is 17.8 Å². The average Bonchev–Trinajstić information content (AvgIpc) is 3.21. The highest BCUT2D eigenvalue weighted by atomic mass is 32.2. The van der Waals surface area contributed by atoms with E-state index in [1.165, 1.54) is 6.92 Å². The molecule has 2 aliphatic heterocycles. The van der Waals surface area contributed by atoms with Crippen LogP contribution in [-0.4, -0.2) is 197 Å².